The van der Waals surface area contributed by atoms with Gasteiger partial charge in [-0.05, 0) is 30.7 Å². The first-order chi connectivity index (χ1) is 17.2. The molecule has 0 aliphatic carbocycles. The summed E-state index contributed by atoms with van der Waals surface area (Å²) in [6.45, 7) is 7.77. The van der Waals surface area contributed by atoms with Crippen LogP contribution in [0, 0.1) is 0 Å². The number of benzene rings is 2. The molecule has 198 valence electrons. The lowest BCUT2D eigenvalue weighted by Crippen LogP contribution is -2.26. The van der Waals surface area contributed by atoms with E-state index in [1.54, 1.807) is 17.6 Å². The second-order valence-corrected chi connectivity index (χ2v) is 13.6. The summed E-state index contributed by atoms with van der Waals surface area (Å²) in [6, 6.07) is 14.0. The van der Waals surface area contributed by atoms with Gasteiger partial charge in [0.1, 0.15) is 5.56 Å². The predicted molar refractivity (Wildman–Crippen MR) is 146 cm³/mol. The SMILES string of the molecule is CCOP1(=O)N=C(c2c(O)c(C(C)(C)C)n(Cc3ccccc3)c2O)Nc2ccc(NS(C)(=O)=O)cc21. The van der Waals surface area contributed by atoms with Crippen molar-refractivity contribution in [3.63, 3.8) is 0 Å². The standard InChI is InChI=1S/C25H31N4O6PS/c1-6-35-36(32)19-14-17(28-37(5,33)34)12-13-18(19)26-23(27-36)20-21(30)22(25(2,3)4)29(24(20)31)15-16-10-8-7-9-11-16/h7-14,28,30-31H,6,15H2,1-5H3,(H,26,27,32). The van der Waals surface area contributed by atoms with Gasteiger partial charge in [0.25, 0.3) is 0 Å². The van der Waals surface area contributed by atoms with Crippen LogP contribution in [0.2, 0.25) is 0 Å². The minimum absolute atomic E-state index is 0.00442. The molecule has 2 aromatic carbocycles. The molecule has 1 aliphatic heterocycles. The molecule has 0 saturated heterocycles. The third-order valence-electron chi connectivity index (χ3n) is 5.74. The molecule has 0 amide bonds. The fourth-order valence-electron chi connectivity index (χ4n) is 4.36. The smallest absolute Gasteiger partial charge is 0.348 e. The molecule has 1 atom stereocenters. The summed E-state index contributed by atoms with van der Waals surface area (Å²) in [5, 5.41) is 25.9. The normalized spacial score (nSPS) is 17.6. The van der Waals surface area contributed by atoms with Gasteiger partial charge in [0.15, 0.2) is 11.6 Å². The highest BCUT2D eigenvalue weighted by atomic mass is 32.2. The summed E-state index contributed by atoms with van der Waals surface area (Å²) >= 11 is 0. The molecule has 0 fully saturated rings. The summed E-state index contributed by atoms with van der Waals surface area (Å²) in [5.74, 6) is -0.436. The van der Waals surface area contributed by atoms with Gasteiger partial charge in [0.2, 0.25) is 15.9 Å². The van der Waals surface area contributed by atoms with E-state index in [0.717, 1.165) is 11.8 Å². The zero-order valence-electron chi connectivity index (χ0n) is 21.3. The molecule has 1 aliphatic rings. The molecule has 0 saturated carbocycles. The Hall–Kier alpha value is -3.27. The van der Waals surface area contributed by atoms with E-state index < -0.39 is 23.0 Å². The van der Waals surface area contributed by atoms with Crippen molar-refractivity contribution >= 4 is 40.1 Å². The number of aromatic nitrogens is 1. The molecule has 1 aromatic heterocycles. The van der Waals surface area contributed by atoms with E-state index in [1.165, 1.54) is 12.1 Å². The van der Waals surface area contributed by atoms with Crippen LogP contribution >= 0.6 is 7.52 Å². The van der Waals surface area contributed by atoms with E-state index in [2.05, 4.69) is 14.8 Å². The predicted octanol–water partition coefficient (Wildman–Crippen LogP) is 4.34. The maximum absolute atomic E-state index is 14.0. The number of anilines is 2. The lowest BCUT2D eigenvalue weighted by molar-refractivity contribution is 0.341. The van der Waals surface area contributed by atoms with Gasteiger partial charge in [0, 0.05) is 11.1 Å². The van der Waals surface area contributed by atoms with Gasteiger partial charge in [-0.15, -0.1) is 0 Å². The third kappa shape index (κ3) is 5.39. The van der Waals surface area contributed by atoms with Crippen LogP contribution in [0.15, 0.2) is 53.3 Å². The monoisotopic (exact) mass is 546 g/mol. The first kappa shape index (κ1) is 26.8. The van der Waals surface area contributed by atoms with Crippen molar-refractivity contribution in [1.29, 1.82) is 0 Å². The van der Waals surface area contributed by atoms with Crippen molar-refractivity contribution in [3.05, 3.63) is 65.4 Å². The van der Waals surface area contributed by atoms with Crippen LogP contribution in [0.25, 0.3) is 0 Å². The Morgan fingerprint density at radius 2 is 1.81 bits per heavy atom. The number of nitrogens with one attached hydrogen (secondary N) is 2. The molecule has 10 nitrogen and oxygen atoms in total. The number of hydrogen-bond donors (Lipinski definition) is 4. The highest BCUT2D eigenvalue weighted by Crippen LogP contribution is 2.54. The fourth-order valence-corrected chi connectivity index (χ4v) is 6.72. The molecule has 1 unspecified atom stereocenters. The number of aromatic hydroxyl groups is 2. The summed E-state index contributed by atoms with van der Waals surface area (Å²) in [6.07, 6.45) is 1.02. The number of rotatable bonds is 7. The van der Waals surface area contributed by atoms with Crippen LogP contribution in [0.1, 0.15) is 44.5 Å². The average Bonchev–Trinajstić information content (AvgIpc) is 3.03. The summed E-state index contributed by atoms with van der Waals surface area (Å²) in [4.78, 5) is 0. The van der Waals surface area contributed by atoms with Crippen molar-refractivity contribution in [2.45, 2.75) is 39.7 Å². The Morgan fingerprint density at radius 1 is 1.14 bits per heavy atom. The molecule has 0 radical (unpaired) electrons. The van der Waals surface area contributed by atoms with Gasteiger partial charge in [-0.25, -0.2) is 8.42 Å². The highest BCUT2D eigenvalue weighted by molar-refractivity contribution is 7.92. The topological polar surface area (TPSA) is 142 Å². The van der Waals surface area contributed by atoms with Crippen LogP contribution in [0.5, 0.6) is 11.6 Å². The molecular weight excluding hydrogens is 515 g/mol. The maximum Gasteiger partial charge on any atom is 0.348 e. The highest BCUT2D eigenvalue weighted by Gasteiger charge is 2.38. The number of fused-ring (bicyclic) bond motifs is 1. The van der Waals surface area contributed by atoms with E-state index in [9.17, 15) is 23.2 Å². The molecule has 4 N–H and O–H groups in total. The van der Waals surface area contributed by atoms with Crippen LogP contribution in [0.3, 0.4) is 0 Å². The van der Waals surface area contributed by atoms with E-state index in [1.807, 2.05) is 51.1 Å². The van der Waals surface area contributed by atoms with Crippen LogP contribution < -0.4 is 15.3 Å². The first-order valence-electron chi connectivity index (χ1n) is 11.7. The van der Waals surface area contributed by atoms with Crippen molar-refractivity contribution in [2.24, 2.45) is 4.76 Å². The Kier molecular flexibility index (Phi) is 6.92. The molecule has 3 aromatic rings. The first-order valence-corrected chi connectivity index (χ1v) is 15.1. The number of hydrogen-bond acceptors (Lipinski definition) is 7. The zero-order valence-corrected chi connectivity index (χ0v) is 23.0. The van der Waals surface area contributed by atoms with Crippen LogP contribution in [0.4, 0.5) is 11.4 Å². The summed E-state index contributed by atoms with van der Waals surface area (Å²) < 4.78 is 51.3. The third-order valence-corrected chi connectivity index (χ3v) is 8.39. The van der Waals surface area contributed by atoms with Gasteiger partial charge >= 0.3 is 7.52 Å². The maximum atomic E-state index is 14.0. The van der Waals surface area contributed by atoms with E-state index in [-0.39, 0.29) is 40.6 Å². The van der Waals surface area contributed by atoms with E-state index in [4.69, 9.17) is 4.52 Å². The number of amidine groups is 1. The van der Waals surface area contributed by atoms with Crippen molar-refractivity contribution < 1.29 is 27.7 Å². The van der Waals surface area contributed by atoms with Crippen LogP contribution in [-0.4, -0.2) is 41.9 Å². The Balaban J connectivity index is 1.88. The molecular formula is C25H31N4O6PS. The molecule has 12 heteroatoms. The lowest BCUT2D eigenvalue weighted by Gasteiger charge is -2.25. The fraction of sp³-hybridized carbons (Fsp3) is 0.320. The average molecular weight is 547 g/mol. The van der Waals surface area contributed by atoms with Gasteiger partial charge < -0.3 is 24.6 Å². The van der Waals surface area contributed by atoms with Crippen LogP contribution in [-0.2, 0) is 31.1 Å². The molecule has 2 heterocycles. The van der Waals surface area contributed by atoms with Gasteiger partial charge in [-0.3, -0.25) is 9.29 Å². The Labute approximate surface area is 216 Å². The molecule has 0 spiro atoms. The largest absolute Gasteiger partial charge is 0.505 e. The zero-order chi connectivity index (χ0) is 27.2. The summed E-state index contributed by atoms with van der Waals surface area (Å²) in [7, 11) is -7.48. The van der Waals surface area contributed by atoms with Gasteiger partial charge in [-0.1, -0.05) is 51.1 Å². The van der Waals surface area contributed by atoms with Gasteiger partial charge in [-0.2, -0.15) is 4.76 Å². The molecule has 0 bridgehead atoms. The Bertz CT molecular complexity index is 1520. The number of nitrogens with zero attached hydrogens (tertiary/aromatic N) is 2. The second-order valence-electron chi connectivity index (χ2n) is 9.84. The van der Waals surface area contributed by atoms with Gasteiger partial charge in [0.05, 0.1) is 36.1 Å². The van der Waals surface area contributed by atoms with E-state index >= 15 is 0 Å². The van der Waals surface area contributed by atoms with E-state index in [0.29, 0.717) is 17.9 Å². The lowest BCUT2D eigenvalue weighted by atomic mass is 9.91. The quantitative estimate of drug-likeness (QED) is 0.323. The molecule has 37 heavy (non-hydrogen) atoms. The second kappa shape index (κ2) is 9.55. The molecule has 4 rings (SSSR count). The van der Waals surface area contributed by atoms with Crippen molar-refractivity contribution in [2.75, 3.05) is 22.9 Å². The summed E-state index contributed by atoms with van der Waals surface area (Å²) in [5.41, 5.74) is 1.41. The number of sulfonamides is 1. The van der Waals surface area contributed by atoms with Crippen molar-refractivity contribution in [1.82, 2.24) is 4.57 Å². The minimum atomic E-state index is -3.91. The Morgan fingerprint density at radius 3 is 2.41 bits per heavy atom. The van der Waals surface area contributed by atoms with Crippen molar-refractivity contribution in [3.8, 4) is 11.6 Å². The minimum Gasteiger partial charge on any atom is -0.505 e.